The fourth-order valence-electron chi connectivity index (χ4n) is 2.30. The summed E-state index contributed by atoms with van der Waals surface area (Å²) in [5.74, 6) is 1.12. The van der Waals surface area contributed by atoms with Crippen LogP contribution in [0.5, 0.6) is 5.75 Å². The minimum absolute atomic E-state index is 0.0637. The van der Waals surface area contributed by atoms with Gasteiger partial charge < -0.3 is 20.1 Å². The lowest BCUT2D eigenvalue weighted by atomic mass is 10.0. The Morgan fingerprint density at radius 2 is 2.30 bits per heavy atom. The SMILES string of the molecule is COc1ccccc1NC(=O)CNCC1CCCOC1. The number of hydrogen-bond acceptors (Lipinski definition) is 4. The summed E-state index contributed by atoms with van der Waals surface area (Å²) in [6.45, 7) is 2.78. The zero-order valence-electron chi connectivity index (χ0n) is 11.9. The maximum absolute atomic E-state index is 11.9. The molecule has 1 aliphatic heterocycles. The van der Waals surface area contributed by atoms with Gasteiger partial charge in [-0.3, -0.25) is 4.79 Å². The van der Waals surface area contributed by atoms with Gasteiger partial charge in [-0.15, -0.1) is 0 Å². The summed E-state index contributed by atoms with van der Waals surface area (Å²) in [5, 5.41) is 6.02. The second-order valence-corrected chi connectivity index (χ2v) is 4.96. The molecular weight excluding hydrogens is 256 g/mol. The molecule has 0 aromatic heterocycles. The first-order valence-electron chi connectivity index (χ1n) is 7.01. The zero-order chi connectivity index (χ0) is 14.2. The highest BCUT2D eigenvalue weighted by atomic mass is 16.5. The summed E-state index contributed by atoms with van der Waals surface area (Å²) in [4.78, 5) is 11.9. The monoisotopic (exact) mass is 278 g/mol. The molecule has 1 fully saturated rings. The van der Waals surface area contributed by atoms with Crippen molar-refractivity contribution in [3.05, 3.63) is 24.3 Å². The molecule has 1 amide bonds. The molecule has 20 heavy (non-hydrogen) atoms. The summed E-state index contributed by atoms with van der Waals surface area (Å²) in [6, 6.07) is 7.38. The van der Waals surface area contributed by atoms with Gasteiger partial charge in [-0.2, -0.15) is 0 Å². The number of methoxy groups -OCH3 is 1. The molecule has 0 radical (unpaired) electrons. The summed E-state index contributed by atoms with van der Waals surface area (Å²) in [5.41, 5.74) is 0.697. The molecule has 2 rings (SSSR count). The highest BCUT2D eigenvalue weighted by molar-refractivity contribution is 5.93. The first-order valence-corrected chi connectivity index (χ1v) is 7.01. The number of hydrogen-bond donors (Lipinski definition) is 2. The Hall–Kier alpha value is -1.59. The maximum atomic E-state index is 11.9. The molecule has 1 aromatic rings. The van der Waals surface area contributed by atoms with E-state index in [9.17, 15) is 4.79 Å². The Balaban J connectivity index is 1.72. The molecule has 5 heteroatoms. The van der Waals surface area contributed by atoms with Gasteiger partial charge in [0.2, 0.25) is 5.91 Å². The maximum Gasteiger partial charge on any atom is 0.238 e. The van der Waals surface area contributed by atoms with Gasteiger partial charge in [0, 0.05) is 13.2 Å². The molecule has 1 aliphatic rings. The molecule has 0 aliphatic carbocycles. The topological polar surface area (TPSA) is 59.6 Å². The molecule has 0 spiro atoms. The lowest BCUT2D eigenvalue weighted by Crippen LogP contribution is -2.34. The van der Waals surface area contributed by atoms with Crippen molar-refractivity contribution in [2.45, 2.75) is 12.8 Å². The first kappa shape index (κ1) is 14.8. The van der Waals surface area contributed by atoms with Crippen LogP contribution in [0.2, 0.25) is 0 Å². The second-order valence-electron chi connectivity index (χ2n) is 4.96. The third-order valence-electron chi connectivity index (χ3n) is 3.35. The van der Waals surface area contributed by atoms with Crippen molar-refractivity contribution in [1.29, 1.82) is 0 Å². The fourth-order valence-corrected chi connectivity index (χ4v) is 2.30. The highest BCUT2D eigenvalue weighted by Crippen LogP contribution is 2.22. The smallest absolute Gasteiger partial charge is 0.238 e. The zero-order valence-corrected chi connectivity index (χ0v) is 11.9. The van der Waals surface area contributed by atoms with Crippen LogP contribution in [0.25, 0.3) is 0 Å². The summed E-state index contributed by atoms with van der Waals surface area (Å²) in [7, 11) is 1.59. The predicted octanol–water partition coefficient (Wildman–Crippen LogP) is 1.65. The van der Waals surface area contributed by atoms with Gasteiger partial charge in [-0.1, -0.05) is 12.1 Å². The van der Waals surface area contributed by atoms with Crippen molar-refractivity contribution in [3.8, 4) is 5.75 Å². The third-order valence-corrected chi connectivity index (χ3v) is 3.35. The molecular formula is C15H22N2O3. The van der Waals surface area contributed by atoms with Crippen LogP contribution in [0.1, 0.15) is 12.8 Å². The van der Waals surface area contributed by atoms with Gasteiger partial charge in [0.25, 0.3) is 0 Å². The molecule has 1 saturated heterocycles. The van der Waals surface area contributed by atoms with Crippen molar-refractivity contribution >= 4 is 11.6 Å². The molecule has 0 bridgehead atoms. The summed E-state index contributed by atoms with van der Waals surface area (Å²) >= 11 is 0. The van der Waals surface area contributed by atoms with Gasteiger partial charge in [0.1, 0.15) is 5.75 Å². The Bertz CT molecular complexity index is 431. The molecule has 1 aromatic carbocycles. The Labute approximate surface area is 119 Å². The van der Waals surface area contributed by atoms with E-state index in [0.29, 0.717) is 23.9 Å². The minimum atomic E-state index is -0.0637. The van der Waals surface area contributed by atoms with Crippen molar-refractivity contribution in [3.63, 3.8) is 0 Å². The van der Waals surface area contributed by atoms with E-state index in [1.165, 1.54) is 6.42 Å². The van der Waals surface area contributed by atoms with Crippen LogP contribution in [0.15, 0.2) is 24.3 Å². The van der Waals surface area contributed by atoms with Crippen LogP contribution >= 0.6 is 0 Å². The molecule has 5 nitrogen and oxygen atoms in total. The van der Waals surface area contributed by atoms with E-state index >= 15 is 0 Å². The van der Waals surface area contributed by atoms with E-state index in [1.807, 2.05) is 24.3 Å². The van der Waals surface area contributed by atoms with Gasteiger partial charge in [-0.05, 0) is 30.9 Å². The number of para-hydroxylation sites is 2. The van der Waals surface area contributed by atoms with Crippen molar-refractivity contribution in [1.82, 2.24) is 5.32 Å². The molecule has 1 atom stereocenters. The third kappa shape index (κ3) is 4.51. The second kappa shape index (κ2) is 7.87. The first-order chi connectivity index (χ1) is 9.79. The predicted molar refractivity (Wildman–Crippen MR) is 78.0 cm³/mol. The Kier molecular flexibility index (Phi) is 5.83. The van der Waals surface area contributed by atoms with Crippen molar-refractivity contribution in [2.75, 3.05) is 38.7 Å². The number of benzene rings is 1. The largest absolute Gasteiger partial charge is 0.495 e. The fraction of sp³-hybridized carbons (Fsp3) is 0.533. The van der Waals surface area contributed by atoms with Gasteiger partial charge >= 0.3 is 0 Å². The number of amides is 1. The molecule has 0 saturated carbocycles. The average molecular weight is 278 g/mol. The van der Waals surface area contributed by atoms with E-state index < -0.39 is 0 Å². The summed E-state index contributed by atoms with van der Waals surface area (Å²) in [6.07, 6.45) is 2.28. The van der Waals surface area contributed by atoms with E-state index in [1.54, 1.807) is 7.11 Å². The van der Waals surface area contributed by atoms with Gasteiger partial charge in [-0.25, -0.2) is 0 Å². The molecule has 1 unspecified atom stereocenters. The number of nitrogens with one attached hydrogen (secondary N) is 2. The van der Waals surface area contributed by atoms with Crippen molar-refractivity contribution < 1.29 is 14.3 Å². The normalized spacial score (nSPS) is 18.6. The van der Waals surface area contributed by atoms with Crippen LogP contribution in [0.4, 0.5) is 5.69 Å². The molecule has 1 heterocycles. The van der Waals surface area contributed by atoms with Crippen LogP contribution in [0, 0.1) is 5.92 Å². The van der Waals surface area contributed by atoms with Crippen LogP contribution in [-0.2, 0) is 9.53 Å². The van der Waals surface area contributed by atoms with E-state index in [-0.39, 0.29) is 5.91 Å². The number of anilines is 1. The van der Waals surface area contributed by atoms with Gasteiger partial charge in [0.05, 0.1) is 25.9 Å². The summed E-state index contributed by atoms with van der Waals surface area (Å²) < 4.78 is 10.6. The number of carbonyl (C=O) groups excluding carboxylic acids is 1. The standard InChI is InChI=1S/C15H22N2O3/c1-19-14-7-3-2-6-13(14)17-15(18)10-16-9-12-5-4-8-20-11-12/h2-3,6-7,12,16H,4-5,8-11H2,1H3,(H,17,18). The Morgan fingerprint density at radius 3 is 3.05 bits per heavy atom. The van der Waals surface area contributed by atoms with E-state index in [2.05, 4.69) is 10.6 Å². The average Bonchev–Trinajstić information content (AvgIpc) is 2.49. The highest BCUT2D eigenvalue weighted by Gasteiger charge is 2.14. The number of rotatable bonds is 6. The van der Waals surface area contributed by atoms with Crippen molar-refractivity contribution in [2.24, 2.45) is 5.92 Å². The number of carbonyl (C=O) groups is 1. The lowest BCUT2D eigenvalue weighted by Gasteiger charge is -2.22. The van der Waals surface area contributed by atoms with Crippen LogP contribution in [0.3, 0.4) is 0 Å². The molecule has 2 N–H and O–H groups in total. The van der Waals surface area contributed by atoms with E-state index in [0.717, 1.165) is 26.2 Å². The van der Waals surface area contributed by atoms with Crippen LogP contribution in [-0.4, -0.2) is 39.3 Å². The van der Waals surface area contributed by atoms with E-state index in [4.69, 9.17) is 9.47 Å². The quantitative estimate of drug-likeness (QED) is 0.830. The Morgan fingerprint density at radius 1 is 1.45 bits per heavy atom. The van der Waals surface area contributed by atoms with Crippen LogP contribution < -0.4 is 15.4 Å². The van der Waals surface area contributed by atoms with Gasteiger partial charge in [0.15, 0.2) is 0 Å². The number of ether oxygens (including phenoxy) is 2. The molecule has 110 valence electrons. The minimum Gasteiger partial charge on any atom is -0.495 e. The lowest BCUT2D eigenvalue weighted by molar-refractivity contribution is -0.115.